The SMILES string of the molecule is CC(C)c1cnc(C#CO)cc1Oc1cnc(N)nc1N. The molecule has 0 fully saturated rings. The smallest absolute Gasteiger partial charge is 0.222 e. The fourth-order valence-corrected chi connectivity index (χ4v) is 1.69. The number of ether oxygens (including phenoxy) is 1. The van der Waals surface area contributed by atoms with Crippen molar-refractivity contribution < 1.29 is 9.84 Å². The van der Waals surface area contributed by atoms with E-state index in [1.807, 2.05) is 20.0 Å². The standard InChI is InChI=1S/C14H15N5O2/c1-8(2)10-6-17-9(3-4-20)5-11(10)21-12-7-18-14(16)19-13(12)15/h5-8,20H,1-2H3,(H4,15,16,18,19). The number of aliphatic hydroxyl groups is 1. The molecule has 2 rings (SSSR count). The van der Waals surface area contributed by atoms with E-state index in [-0.39, 0.29) is 17.7 Å². The van der Waals surface area contributed by atoms with Crippen molar-refractivity contribution >= 4 is 11.8 Å². The van der Waals surface area contributed by atoms with Crippen LogP contribution in [0.2, 0.25) is 0 Å². The second kappa shape index (κ2) is 5.96. The Hall–Kier alpha value is -3.01. The molecule has 0 saturated heterocycles. The highest BCUT2D eigenvalue weighted by molar-refractivity contribution is 5.51. The summed E-state index contributed by atoms with van der Waals surface area (Å²) in [6.07, 6.45) is 4.86. The molecule has 7 nitrogen and oxygen atoms in total. The average molecular weight is 285 g/mol. The summed E-state index contributed by atoms with van der Waals surface area (Å²) >= 11 is 0. The van der Waals surface area contributed by atoms with Crippen molar-refractivity contribution in [2.45, 2.75) is 19.8 Å². The van der Waals surface area contributed by atoms with Gasteiger partial charge in [-0.05, 0) is 11.8 Å². The third kappa shape index (κ3) is 3.30. The maximum absolute atomic E-state index is 8.66. The lowest BCUT2D eigenvalue weighted by atomic mass is 10.0. The van der Waals surface area contributed by atoms with Gasteiger partial charge in [-0.25, -0.2) is 9.97 Å². The van der Waals surface area contributed by atoms with Gasteiger partial charge in [0, 0.05) is 17.8 Å². The molecular formula is C14H15N5O2. The third-order valence-corrected chi connectivity index (χ3v) is 2.72. The number of nitrogens with zero attached hydrogens (tertiary/aromatic N) is 3. The molecule has 0 aliphatic carbocycles. The van der Waals surface area contributed by atoms with Gasteiger partial charge in [0.05, 0.1) is 6.20 Å². The lowest BCUT2D eigenvalue weighted by molar-refractivity contribution is 0.470. The number of rotatable bonds is 3. The maximum Gasteiger partial charge on any atom is 0.222 e. The molecule has 2 aromatic heterocycles. The third-order valence-electron chi connectivity index (χ3n) is 2.72. The Labute approximate surface area is 122 Å². The summed E-state index contributed by atoms with van der Waals surface area (Å²) in [7, 11) is 0. The molecule has 0 amide bonds. The van der Waals surface area contributed by atoms with Gasteiger partial charge in [-0.3, -0.25) is 0 Å². The molecule has 0 atom stereocenters. The normalized spacial score (nSPS) is 10.0. The molecular weight excluding hydrogens is 270 g/mol. The van der Waals surface area contributed by atoms with Crippen molar-refractivity contribution in [1.82, 2.24) is 15.0 Å². The Kier molecular flexibility index (Phi) is 4.09. The van der Waals surface area contributed by atoms with E-state index in [0.29, 0.717) is 17.2 Å². The molecule has 0 spiro atoms. The zero-order valence-electron chi connectivity index (χ0n) is 11.7. The van der Waals surface area contributed by atoms with Crippen LogP contribution >= 0.6 is 0 Å². The van der Waals surface area contributed by atoms with Crippen LogP contribution in [-0.2, 0) is 0 Å². The van der Waals surface area contributed by atoms with Gasteiger partial charge in [-0.2, -0.15) is 4.98 Å². The van der Waals surface area contributed by atoms with Crippen LogP contribution in [0.4, 0.5) is 11.8 Å². The lowest BCUT2D eigenvalue weighted by Gasteiger charge is -2.14. The monoisotopic (exact) mass is 285 g/mol. The minimum absolute atomic E-state index is 0.0745. The molecule has 2 heterocycles. The number of anilines is 2. The Morgan fingerprint density at radius 3 is 2.57 bits per heavy atom. The topological polar surface area (TPSA) is 120 Å². The van der Waals surface area contributed by atoms with Crippen molar-refractivity contribution in [3.8, 4) is 23.5 Å². The van der Waals surface area contributed by atoms with Gasteiger partial charge in [0.25, 0.3) is 0 Å². The summed E-state index contributed by atoms with van der Waals surface area (Å²) in [4.78, 5) is 11.8. The zero-order chi connectivity index (χ0) is 15.4. The minimum Gasteiger partial charge on any atom is -0.462 e. The summed E-state index contributed by atoms with van der Waals surface area (Å²) in [6, 6.07) is 1.62. The van der Waals surface area contributed by atoms with Crippen LogP contribution in [0.15, 0.2) is 18.5 Å². The van der Waals surface area contributed by atoms with Crippen molar-refractivity contribution in [3.63, 3.8) is 0 Å². The summed E-state index contributed by atoms with van der Waals surface area (Å²) in [6.45, 7) is 4.01. The van der Waals surface area contributed by atoms with Gasteiger partial charge < -0.3 is 21.3 Å². The molecule has 0 radical (unpaired) electrons. The largest absolute Gasteiger partial charge is 0.462 e. The molecule has 108 valence electrons. The first-order valence-electron chi connectivity index (χ1n) is 6.22. The fraction of sp³-hybridized carbons (Fsp3) is 0.214. The second-order valence-corrected chi connectivity index (χ2v) is 4.58. The maximum atomic E-state index is 8.66. The molecule has 0 bridgehead atoms. The van der Waals surface area contributed by atoms with Gasteiger partial charge in [-0.1, -0.05) is 13.8 Å². The van der Waals surface area contributed by atoms with E-state index >= 15 is 0 Å². The summed E-state index contributed by atoms with van der Waals surface area (Å²) < 4.78 is 5.75. The van der Waals surface area contributed by atoms with E-state index in [2.05, 4.69) is 20.9 Å². The average Bonchev–Trinajstić information content (AvgIpc) is 2.42. The number of nitrogens with two attached hydrogens (primary N) is 2. The van der Waals surface area contributed by atoms with E-state index < -0.39 is 0 Å². The number of aliphatic hydroxyl groups excluding tert-OH is 1. The number of nitrogen functional groups attached to an aromatic ring is 2. The van der Waals surface area contributed by atoms with Gasteiger partial charge >= 0.3 is 0 Å². The van der Waals surface area contributed by atoms with Crippen molar-refractivity contribution in [2.75, 3.05) is 11.5 Å². The fourth-order valence-electron chi connectivity index (χ4n) is 1.69. The van der Waals surface area contributed by atoms with Crippen LogP contribution in [0.25, 0.3) is 0 Å². The van der Waals surface area contributed by atoms with E-state index in [9.17, 15) is 0 Å². The van der Waals surface area contributed by atoms with E-state index in [4.69, 9.17) is 21.3 Å². The van der Waals surface area contributed by atoms with E-state index in [1.165, 1.54) is 6.20 Å². The van der Waals surface area contributed by atoms with E-state index in [0.717, 1.165) is 5.56 Å². The van der Waals surface area contributed by atoms with Crippen LogP contribution in [-0.4, -0.2) is 20.1 Å². The van der Waals surface area contributed by atoms with Crippen LogP contribution in [0, 0.1) is 12.0 Å². The first-order valence-corrected chi connectivity index (χ1v) is 6.22. The molecule has 2 aromatic rings. The van der Waals surface area contributed by atoms with E-state index in [1.54, 1.807) is 12.3 Å². The van der Waals surface area contributed by atoms with Crippen LogP contribution < -0.4 is 16.2 Å². The lowest BCUT2D eigenvalue weighted by Crippen LogP contribution is -2.03. The van der Waals surface area contributed by atoms with Gasteiger partial charge in [0.1, 0.15) is 17.5 Å². The zero-order valence-corrected chi connectivity index (χ0v) is 11.7. The number of hydrogen-bond acceptors (Lipinski definition) is 7. The molecule has 0 saturated carbocycles. The highest BCUT2D eigenvalue weighted by atomic mass is 16.5. The van der Waals surface area contributed by atoms with Crippen molar-refractivity contribution in [2.24, 2.45) is 0 Å². The summed E-state index contributed by atoms with van der Waals surface area (Å²) in [5, 5.41) is 8.66. The first-order chi connectivity index (χ1) is 10.0. The van der Waals surface area contributed by atoms with Gasteiger partial charge in [-0.15, -0.1) is 0 Å². The summed E-state index contributed by atoms with van der Waals surface area (Å²) in [5.41, 5.74) is 12.5. The van der Waals surface area contributed by atoms with Gasteiger partial charge in [0.2, 0.25) is 5.95 Å². The molecule has 7 heteroatoms. The molecule has 21 heavy (non-hydrogen) atoms. The second-order valence-electron chi connectivity index (χ2n) is 4.58. The Balaban J connectivity index is 2.44. The summed E-state index contributed by atoms with van der Waals surface area (Å²) in [5.74, 6) is 3.67. The molecule has 0 aromatic carbocycles. The quantitative estimate of drug-likeness (QED) is 0.733. The Bertz CT molecular complexity index is 719. The molecule has 0 unspecified atom stereocenters. The molecule has 0 aliphatic rings. The van der Waals surface area contributed by atoms with Crippen molar-refractivity contribution in [1.29, 1.82) is 0 Å². The number of aromatic nitrogens is 3. The molecule has 5 N–H and O–H groups in total. The molecule has 0 aliphatic heterocycles. The number of pyridine rings is 1. The predicted molar refractivity (Wildman–Crippen MR) is 78.1 cm³/mol. The van der Waals surface area contributed by atoms with Crippen LogP contribution in [0.1, 0.15) is 31.0 Å². The number of hydrogen-bond donors (Lipinski definition) is 3. The predicted octanol–water partition coefficient (Wildman–Crippen LogP) is 1.63. The Morgan fingerprint density at radius 2 is 1.95 bits per heavy atom. The Morgan fingerprint density at radius 1 is 1.19 bits per heavy atom. The van der Waals surface area contributed by atoms with Crippen LogP contribution in [0.3, 0.4) is 0 Å². The highest BCUT2D eigenvalue weighted by Gasteiger charge is 2.13. The van der Waals surface area contributed by atoms with Crippen LogP contribution in [0.5, 0.6) is 11.5 Å². The van der Waals surface area contributed by atoms with Gasteiger partial charge in [0.15, 0.2) is 11.6 Å². The first kappa shape index (κ1) is 14.4. The minimum atomic E-state index is 0.0745. The highest BCUT2D eigenvalue weighted by Crippen LogP contribution is 2.32. The van der Waals surface area contributed by atoms with Crippen molar-refractivity contribution in [3.05, 3.63) is 29.7 Å².